The summed E-state index contributed by atoms with van der Waals surface area (Å²) in [4.78, 5) is 18.9. The zero-order chi connectivity index (χ0) is 22.8. The number of hydrogen-bond acceptors (Lipinski definition) is 6. The van der Waals surface area contributed by atoms with Crippen LogP contribution in [0.15, 0.2) is 53.0 Å². The van der Waals surface area contributed by atoms with E-state index >= 15 is 0 Å². The summed E-state index contributed by atoms with van der Waals surface area (Å²) in [6.07, 6.45) is 0. The molecule has 0 N–H and O–H groups in total. The molecule has 0 saturated heterocycles. The SMILES string of the molecule is CC(=O)N(c1nc(CSc2nnc(-c3ccc(Cl)cc3)n2C)cs1)c1cccc(C)c1C. The minimum absolute atomic E-state index is 0.0619. The van der Waals surface area contributed by atoms with Crippen LogP contribution in [0.5, 0.6) is 0 Å². The van der Waals surface area contributed by atoms with E-state index in [9.17, 15) is 4.79 Å². The molecule has 0 saturated carbocycles. The summed E-state index contributed by atoms with van der Waals surface area (Å²) < 4.78 is 1.96. The lowest BCUT2D eigenvalue weighted by Crippen LogP contribution is -2.23. The molecule has 2 aromatic carbocycles. The van der Waals surface area contributed by atoms with E-state index in [1.807, 2.05) is 73.3 Å². The van der Waals surface area contributed by atoms with Crippen LogP contribution in [-0.4, -0.2) is 25.7 Å². The minimum atomic E-state index is -0.0619. The van der Waals surface area contributed by atoms with Crippen LogP contribution >= 0.6 is 34.7 Å². The van der Waals surface area contributed by atoms with Crippen LogP contribution in [0, 0.1) is 13.8 Å². The molecule has 6 nitrogen and oxygen atoms in total. The Labute approximate surface area is 200 Å². The Morgan fingerprint density at radius 3 is 2.62 bits per heavy atom. The van der Waals surface area contributed by atoms with Gasteiger partial charge in [-0.3, -0.25) is 9.69 Å². The van der Waals surface area contributed by atoms with Crippen molar-refractivity contribution in [1.29, 1.82) is 0 Å². The number of nitrogens with zero attached hydrogens (tertiary/aromatic N) is 5. The zero-order valence-corrected chi connectivity index (χ0v) is 20.6. The Bertz CT molecular complexity index is 1270. The molecule has 0 aliphatic rings. The molecule has 32 heavy (non-hydrogen) atoms. The van der Waals surface area contributed by atoms with Gasteiger partial charge in [-0.15, -0.1) is 21.5 Å². The van der Waals surface area contributed by atoms with Gasteiger partial charge < -0.3 is 4.57 Å². The molecule has 0 fully saturated rings. The molecule has 0 aliphatic heterocycles. The van der Waals surface area contributed by atoms with E-state index in [1.54, 1.807) is 23.6 Å². The highest BCUT2D eigenvalue weighted by molar-refractivity contribution is 7.98. The summed E-state index contributed by atoms with van der Waals surface area (Å²) in [6.45, 7) is 5.63. The standard InChI is InChI=1S/C23H22ClN5OS2/c1-14-6-5-7-20(15(14)2)29(16(3)30)22-25-19(12-31-22)13-32-23-27-26-21(28(23)4)17-8-10-18(24)11-9-17/h5-12H,13H2,1-4H3. The molecule has 1 amide bonds. The predicted molar refractivity (Wildman–Crippen MR) is 132 cm³/mol. The monoisotopic (exact) mass is 483 g/mol. The molecule has 0 radical (unpaired) electrons. The number of aromatic nitrogens is 4. The Hall–Kier alpha value is -2.68. The number of benzene rings is 2. The Kier molecular flexibility index (Phi) is 6.64. The quantitative estimate of drug-likeness (QED) is 0.306. The lowest BCUT2D eigenvalue weighted by atomic mass is 10.1. The molecule has 4 aromatic rings. The molecule has 4 rings (SSSR count). The van der Waals surface area contributed by atoms with Gasteiger partial charge in [0.25, 0.3) is 0 Å². The molecule has 9 heteroatoms. The minimum Gasteiger partial charge on any atom is -0.305 e. The van der Waals surface area contributed by atoms with Crippen molar-refractivity contribution in [3.8, 4) is 11.4 Å². The third kappa shape index (κ3) is 4.57. The summed E-state index contributed by atoms with van der Waals surface area (Å²) in [5.41, 5.74) is 4.93. The van der Waals surface area contributed by atoms with Gasteiger partial charge in [0.1, 0.15) is 0 Å². The van der Waals surface area contributed by atoms with Crippen LogP contribution in [-0.2, 0) is 17.6 Å². The number of anilines is 2. The number of halogens is 1. The summed E-state index contributed by atoms with van der Waals surface area (Å²) in [7, 11) is 1.94. The summed E-state index contributed by atoms with van der Waals surface area (Å²) >= 11 is 9.00. The first-order valence-electron chi connectivity index (χ1n) is 9.94. The summed E-state index contributed by atoms with van der Waals surface area (Å²) in [6, 6.07) is 13.5. The number of carbonyl (C=O) groups is 1. The van der Waals surface area contributed by atoms with E-state index in [4.69, 9.17) is 16.6 Å². The topological polar surface area (TPSA) is 63.9 Å². The van der Waals surface area contributed by atoms with E-state index < -0.39 is 0 Å². The molecule has 0 aliphatic carbocycles. The molecule has 0 spiro atoms. The van der Waals surface area contributed by atoms with Crippen LogP contribution in [0.2, 0.25) is 5.02 Å². The average molecular weight is 484 g/mol. The molecule has 2 heterocycles. The number of rotatable bonds is 6. The molecule has 0 bridgehead atoms. The highest BCUT2D eigenvalue weighted by Gasteiger charge is 2.20. The highest BCUT2D eigenvalue weighted by Crippen LogP contribution is 2.34. The van der Waals surface area contributed by atoms with Gasteiger partial charge in [0.15, 0.2) is 16.1 Å². The second kappa shape index (κ2) is 9.44. The van der Waals surface area contributed by atoms with Gasteiger partial charge in [0.2, 0.25) is 5.91 Å². The van der Waals surface area contributed by atoms with Gasteiger partial charge in [-0.2, -0.15) is 0 Å². The number of amides is 1. The van der Waals surface area contributed by atoms with Crippen molar-refractivity contribution in [2.24, 2.45) is 7.05 Å². The van der Waals surface area contributed by atoms with E-state index in [1.165, 1.54) is 11.3 Å². The zero-order valence-electron chi connectivity index (χ0n) is 18.2. The first kappa shape index (κ1) is 22.5. The summed E-state index contributed by atoms with van der Waals surface area (Å²) in [5, 5.41) is 12.8. The lowest BCUT2D eigenvalue weighted by Gasteiger charge is -2.21. The second-order valence-electron chi connectivity index (χ2n) is 7.36. The van der Waals surface area contributed by atoms with Crippen molar-refractivity contribution in [2.75, 3.05) is 4.90 Å². The van der Waals surface area contributed by atoms with Gasteiger partial charge in [0, 0.05) is 35.7 Å². The van der Waals surface area contributed by atoms with Gasteiger partial charge in [-0.05, 0) is 55.3 Å². The van der Waals surface area contributed by atoms with E-state index in [2.05, 4.69) is 10.2 Å². The predicted octanol–water partition coefficient (Wildman–Crippen LogP) is 6.19. The lowest BCUT2D eigenvalue weighted by molar-refractivity contribution is -0.115. The first-order valence-corrected chi connectivity index (χ1v) is 12.2. The Balaban J connectivity index is 1.52. The normalized spacial score (nSPS) is 11.0. The molecule has 0 atom stereocenters. The van der Waals surface area contributed by atoms with Gasteiger partial charge >= 0.3 is 0 Å². The van der Waals surface area contributed by atoms with E-state index in [0.717, 1.165) is 39.1 Å². The van der Waals surface area contributed by atoms with Crippen molar-refractivity contribution < 1.29 is 4.79 Å². The number of thiazole rings is 1. The molecule has 164 valence electrons. The van der Waals surface area contributed by atoms with Crippen molar-refractivity contribution >= 4 is 51.4 Å². The van der Waals surface area contributed by atoms with Crippen LogP contribution in [0.25, 0.3) is 11.4 Å². The average Bonchev–Trinajstić information content (AvgIpc) is 3.37. The second-order valence-corrected chi connectivity index (χ2v) is 9.57. The molecule has 0 unspecified atom stereocenters. The first-order chi connectivity index (χ1) is 15.3. The smallest absolute Gasteiger partial charge is 0.230 e. The maximum Gasteiger partial charge on any atom is 0.230 e. The van der Waals surface area contributed by atoms with Crippen LogP contribution < -0.4 is 4.90 Å². The maximum atomic E-state index is 12.5. The fourth-order valence-corrected chi connectivity index (χ4v) is 5.19. The maximum absolute atomic E-state index is 12.5. The fraction of sp³-hybridized carbons (Fsp3) is 0.217. The number of carbonyl (C=O) groups excluding carboxylic acids is 1. The largest absolute Gasteiger partial charge is 0.305 e. The van der Waals surface area contributed by atoms with Crippen molar-refractivity contribution in [2.45, 2.75) is 31.7 Å². The number of aryl methyl sites for hydroxylation is 1. The number of thioether (sulfide) groups is 1. The van der Waals surface area contributed by atoms with Crippen molar-refractivity contribution in [1.82, 2.24) is 19.7 Å². The third-order valence-electron chi connectivity index (χ3n) is 5.15. The summed E-state index contributed by atoms with van der Waals surface area (Å²) in [5.74, 6) is 1.34. The molecular weight excluding hydrogens is 462 g/mol. The molecular formula is C23H22ClN5OS2. The number of hydrogen-bond donors (Lipinski definition) is 0. The van der Waals surface area contributed by atoms with E-state index in [-0.39, 0.29) is 5.91 Å². The van der Waals surface area contributed by atoms with Crippen molar-refractivity contribution in [3.63, 3.8) is 0 Å². The van der Waals surface area contributed by atoms with Gasteiger partial charge in [-0.25, -0.2) is 4.98 Å². The van der Waals surface area contributed by atoms with Crippen LogP contribution in [0.1, 0.15) is 23.7 Å². The fourth-order valence-electron chi connectivity index (χ4n) is 3.28. The van der Waals surface area contributed by atoms with Crippen molar-refractivity contribution in [3.05, 3.63) is 69.7 Å². The third-order valence-corrected chi connectivity index (χ3v) is 7.33. The highest BCUT2D eigenvalue weighted by atomic mass is 35.5. The van der Waals surface area contributed by atoms with Crippen LogP contribution in [0.3, 0.4) is 0 Å². The van der Waals surface area contributed by atoms with Gasteiger partial charge in [-0.1, -0.05) is 35.5 Å². The van der Waals surface area contributed by atoms with Crippen LogP contribution in [0.4, 0.5) is 10.8 Å². The van der Waals surface area contributed by atoms with E-state index in [0.29, 0.717) is 15.9 Å². The molecule has 2 aromatic heterocycles. The Morgan fingerprint density at radius 2 is 1.91 bits per heavy atom. The Morgan fingerprint density at radius 1 is 1.16 bits per heavy atom. The van der Waals surface area contributed by atoms with Gasteiger partial charge in [0.05, 0.1) is 11.4 Å².